The third kappa shape index (κ3) is 4.80. The lowest BCUT2D eigenvalue weighted by molar-refractivity contribution is 0.0472. The van der Waals surface area contributed by atoms with Gasteiger partial charge in [-0.1, -0.05) is 12.1 Å². The molecule has 1 aromatic carbocycles. The Hall–Kier alpha value is -3.94. The van der Waals surface area contributed by atoms with Crippen molar-refractivity contribution in [3.63, 3.8) is 0 Å². The van der Waals surface area contributed by atoms with Crippen LogP contribution in [-0.4, -0.2) is 52.2 Å². The molecule has 0 radical (unpaired) electrons. The SMILES string of the molecule is O=C(COC(=O)c1ccccc1Oc1cccnc1)c1c[nH]c(C(=O)N2CCCC2)c1. The van der Waals surface area contributed by atoms with Crippen molar-refractivity contribution >= 4 is 17.7 Å². The van der Waals surface area contributed by atoms with Gasteiger partial charge in [0.05, 0.1) is 6.20 Å². The molecule has 2 aromatic heterocycles. The van der Waals surface area contributed by atoms with Crippen molar-refractivity contribution in [2.45, 2.75) is 12.8 Å². The summed E-state index contributed by atoms with van der Waals surface area (Å²) in [6.45, 7) is 0.994. The number of ketones is 1. The molecule has 4 rings (SSSR count). The summed E-state index contributed by atoms with van der Waals surface area (Å²) in [7, 11) is 0. The van der Waals surface area contributed by atoms with Crippen LogP contribution in [0.4, 0.5) is 0 Å². The minimum Gasteiger partial charge on any atom is -0.455 e. The molecule has 0 unspecified atom stereocenters. The van der Waals surface area contributed by atoms with E-state index in [9.17, 15) is 14.4 Å². The standard InChI is InChI=1S/C23H21N3O5/c27-20(16-12-19(25-13-16)22(28)26-10-3-4-11-26)15-30-23(29)18-7-1-2-8-21(18)31-17-6-5-9-24-14-17/h1-2,5-9,12-14,25H,3-4,10-11,15H2. The summed E-state index contributed by atoms with van der Waals surface area (Å²) in [6.07, 6.45) is 6.57. The van der Waals surface area contributed by atoms with Crippen molar-refractivity contribution in [3.8, 4) is 11.5 Å². The van der Waals surface area contributed by atoms with E-state index >= 15 is 0 Å². The van der Waals surface area contributed by atoms with Gasteiger partial charge in [-0.05, 0) is 43.2 Å². The number of esters is 1. The van der Waals surface area contributed by atoms with Gasteiger partial charge in [-0.25, -0.2) is 4.79 Å². The number of hydrogen-bond acceptors (Lipinski definition) is 6. The molecule has 3 aromatic rings. The molecule has 8 heteroatoms. The second kappa shape index (κ2) is 9.25. The number of pyridine rings is 1. The number of nitrogens with one attached hydrogen (secondary N) is 1. The highest BCUT2D eigenvalue weighted by Crippen LogP contribution is 2.25. The van der Waals surface area contributed by atoms with Crippen LogP contribution >= 0.6 is 0 Å². The first kappa shape index (κ1) is 20.3. The average molecular weight is 419 g/mol. The van der Waals surface area contributed by atoms with E-state index in [1.165, 1.54) is 18.5 Å². The van der Waals surface area contributed by atoms with Crippen molar-refractivity contribution in [1.29, 1.82) is 0 Å². The van der Waals surface area contributed by atoms with E-state index in [-0.39, 0.29) is 17.0 Å². The summed E-state index contributed by atoms with van der Waals surface area (Å²) < 4.78 is 10.9. The number of likely N-dealkylation sites (tertiary alicyclic amines) is 1. The Morgan fingerprint density at radius 2 is 1.87 bits per heavy atom. The Kier molecular flexibility index (Phi) is 6.07. The number of H-pyrrole nitrogens is 1. The number of rotatable bonds is 7. The van der Waals surface area contributed by atoms with Gasteiger partial charge in [-0.2, -0.15) is 0 Å². The summed E-state index contributed by atoms with van der Waals surface area (Å²) in [5.74, 6) is -0.447. The van der Waals surface area contributed by atoms with Gasteiger partial charge in [0.15, 0.2) is 6.61 Å². The molecule has 8 nitrogen and oxygen atoms in total. The van der Waals surface area contributed by atoms with E-state index in [0.29, 0.717) is 17.2 Å². The fourth-order valence-electron chi connectivity index (χ4n) is 3.32. The van der Waals surface area contributed by atoms with Gasteiger partial charge in [-0.3, -0.25) is 14.6 Å². The molecule has 0 saturated carbocycles. The molecule has 1 aliphatic heterocycles. The smallest absolute Gasteiger partial charge is 0.342 e. The first-order valence-corrected chi connectivity index (χ1v) is 9.97. The van der Waals surface area contributed by atoms with Crippen LogP contribution in [0.25, 0.3) is 0 Å². The molecule has 31 heavy (non-hydrogen) atoms. The molecule has 0 bridgehead atoms. The van der Waals surface area contributed by atoms with E-state index in [2.05, 4.69) is 9.97 Å². The first-order chi connectivity index (χ1) is 15.1. The summed E-state index contributed by atoms with van der Waals surface area (Å²) in [4.78, 5) is 46.0. The van der Waals surface area contributed by atoms with E-state index < -0.39 is 18.4 Å². The van der Waals surface area contributed by atoms with E-state index in [1.807, 2.05) is 0 Å². The van der Waals surface area contributed by atoms with Crippen LogP contribution in [0.3, 0.4) is 0 Å². The van der Waals surface area contributed by atoms with Gasteiger partial charge in [0.2, 0.25) is 5.78 Å². The number of aromatic nitrogens is 2. The second-order valence-corrected chi connectivity index (χ2v) is 7.09. The van der Waals surface area contributed by atoms with E-state index in [4.69, 9.17) is 9.47 Å². The maximum Gasteiger partial charge on any atom is 0.342 e. The monoisotopic (exact) mass is 419 g/mol. The van der Waals surface area contributed by atoms with Gasteiger partial charge < -0.3 is 19.4 Å². The quantitative estimate of drug-likeness (QED) is 0.465. The fourth-order valence-corrected chi connectivity index (χ4v) is 3.32. The highest BCUT2D eigenvalue weighted by atomic mass is 16.5. The number of Topliss-reactive ketones (excluding diaryl/α,β-unsaturated/α-hetero) is 1. The van der Waals surface area contributed by atoms with Crippen LogP contribution in [0.15, 0.2) is 61.1 Å². The molecule has 1 saturated heterocycles. The zero-order valence-electron chi connectivity index (χ0n) is 16.7. The molecule has 1 N–H and O–H groups in total. The van der Waals surface area contributed by atoms with Crippen molar-refractivity contribution in [3.05, 3.63) is 77.9 Å². The second-order valence-electron chi connectivity index (χ2n) is 7.09. The molecule has 0 aliphatic carbocycles. The van der Waals surface area contributed by atoms with Crippen molar-refractivity contribution in [2.75, 3.05) is 19.7 Å². The lowest BCUT2D eigenvalue weighted by atomic mass is 10.2. The molecule has 3 heterocycles. The van der Waals surface area contributed by atoms with Crippen LogP contribution in [0.1, 0.15) is 44.0 Å². The Balaban J connectivity index is 1.38. The number of benzene rings is 1. The predicted octanol–water partition coefficient (Wildman–Crippen LogP) is 3.48. The van der Waals surface area contributed by atoms with E-state index in [0.717, 1.165) is 25.9 Å². The van der Waals surface area contributed by atoms with Crippen LogP contribution in [0.2, 0.25) is 0 Å². The number of hydrogen-bond donors (Lipinski definition) is 1. The molecule has 158 valence electrons. The summed E-state index contributed by atoms with van der Waals surface area (Å²) in [5.41, 5.74) is 0.833. The third-order valence-electron chi connectivity index (χ3n) is 4.93. The maximum atomic E-state index is 12.5. The lowest BCUT2D eigenvalue weighted by Crippen LogP contribution is -2.27. The molecule has 0 spiro atoms. The molecule has 1 amide bonds. The first-order valence-electron chi connectivity index (χ1n) is 9.97. The summed E-state index contributed by atoms with van der Waals surface area (Å²) >= 11 is 0. The van der Waals surface area contributed by atoms with Gasteiger partial charge in [0.1, 0.15) is 22.8 Å². The van der Waals surface area contributed by atoms with Gasteiger partial charge in [0.25, 0.3) is 5.91 Å². The lowest BCUT2D eigenvalue weighted by Gasteiger charge is -2.13. The maximum absolute atomic E-state index is 12.5. The van der Waals surface area contributed by atoms with E-state index in [1.54, 1.807) is 47.5 Å². The fraction of sp³-hybridized carbons (Fsp3) is 0.217. The minimum atomic E-state index is -0.684. The van der Waals surface area contributed by atoms with Crippen molar-refractivity contribution in [2.24, 2.45) is 0 Å². The number of amides is 1. The highest BCUT2D eigenvalue weighted by Gasteiger charge is 2.22. The van der Waals surface area contributed by atoms with Gasteiger partial charge in [-0.15, -0.1) is 0 Å². The largest absolute Gasteiger partial charge is 0.455 e. The van der Waals surface area contributed by atoms with Crippen molar-refractivity contribution < 1.29 is 23.9 Å². The summed E-state index contributed by atoms with van der Waals surface area (Å²) in [6, 6.07) is 11.5. The van der Waals surface area contributed by atoms with Gasteiger partial charge >= 0.3 is 5.97 Å². The molecular weight excluding hydrogens is 398 g/mol. The number of aromatic amines is 1. The van der Waals surface area contributed by atoms with Crippen LogP contribution in [0, 0.1) is 0 Å². The number of para-hydroxylation sites is 1. The zero-order chi connectivity index (χ0) is 21.6. The van der Waals surface area contributed by atoms with Crippen molar-refractivity contribution in [1.82, 2.24) is 14.9 Å². The molecule has 1 aliphatic rings. The number of nitrogens with zero attached hydrogens (tertiary/aromatic N) is 2. The molecule has 0 atom stereocenters. The Bertz CT molecular complexity index is 1090. The topological polar surface area (TPSA) is 102 Å². The van der Waals surface area contributed by atoms with Crippen LogP contribution in [-0.2, 0) is 4.74 Å². The normalized spacial score (nSPS) is 13.1. The molecule has 1 fully saturated rings. The number of carbonyl (C=O) groups is 3. The highest BCUT2D eigenvalue weighted by molar-refractivity contribution is 6.02. The zero-order valence-corrected chi connectivity index (χ0v) is 16.7. The number of carbonyl (C=O) groups excluding carboxylic acids is 3. The van der Waals surface area contributed by atoms with Crippen LogP contribution in [0.5, 0.6) is 11.5 Å². The Morgan fingerprint density at radius 1 is 1.06 bits per heavy atom. The van der Waals surface area contributed by atoms with Crippen LogP contribution < -0.4 is 4.74 Å². The minimum absolute atomic E-state index is 0.130. The predicted molar refractivity (Wildman–Crippen MR) is 111 cm³/mol. The Labute approximate surface area is 178 Å². The number of ether oxygens (including phenoxy) is 2. The molecular formula is C23H21N3O5. The third-order valence-corrected chi connectivity index (χ3v) is 4.93. The summed E-state index contributed by atoms with van der Waals surface area (Å²) in [5, 5.41) is 0. The van der Waals surface area contributed by atoms with Gasteiger partial charge in [0, 0.05) is 31.0 Å². The average Bonchev–Trinajstić information content (AvgIpc) is 3.50. The Morgan fingerprint density at radius 3 is 2.65 bits per heavy atom.